The average Bonchev–Trinajstić information content (AvgIpc) is 3.60. The summed E-state index contributed by atoms with van der Waals surface area (Å²) in [5.41, 5.74) is 2.98. The summed E-state index contributed by atoms with van der Waals surface area (Å²) in [7, 11) is 3.48. The minimum Gasteiger partial charge on any atom is -0.477 e. The molecular formula is C24H26N8O3. The molecule has 1 saturated heterocycles. The number of carbonyl (C=O) groups is 1. The molecule has 2 atom stereocenters. The van der Waals surface area contributed by atoms with E-state index < -0.39 is 0 Å². The molecule has 0 spiro atoms. The largest absolute Gasteiger partial charge is 0.477 e. The fourth-order valence-electron chi connectivity index (χ4n) is 4.26. The fourth-order valence-corrected chi connectivity index (χ4v) is 4.26. The summed E-state index contributed by atoms with van der Waals surface area (Å²) in [4.78, 5) is 30.8. The number of aromatic nitrogens is 6. The van der Waals surface area contributed by atoms with Gasteiger partial charge in [-0.2, -0.15) is 15.1 Å². The van der Waals surface area contributed by atoms with Gasteiger partial charge in [0, 0.05) is 57.3 Å². The van der Waals surface area contributed by atoms with Crippen molar-refractivity contribution in [3.63, 3.8) is 0 Å². The molecule has 0 radical (unpaired) electrons. The number of H-pyrrole nitrogens is 1. The maximum atomic E-state index is 12.1. The van der Waals surface area contributed by atoms with Crippen LogP contribution in [-0.2, 0) is 16.6 Å². The second-order valence-corrected chi connectivity index (χ2v) is 8.31. The smallest absolute Gasteiger partial charge is 0.246 e. The van der Waals surface area contributed by atoms with Gasteiger partial charge in [0.25, 0.3) is 0 Å². The first-order valence-electron chi connectivity index (χ1n) is 11.2. The Kier molecular flexibility index (Phi) is 6.15. The molecule has 1 aliphatic rings. The van der Waals surface area contributed by atoms with Gasteiger partial charge < -0.3 is 24.7 Å². The number of methoxy groups -OCH3 is 1. The highest BCUT2D eigenvalue weighted by Crippen LogP contribution is 2.34. The monoisotopic (exact) mass is 474 g/mol. The molecular weight excluding hydrogens is 448 g/mol. The van der Waals surface area contributed by atoms with Crippen LogP contribution in [0, 0.1) is 5.92 Å². The topological polar surface area (TPSA) is 123 Å². The van der Waals surface area contributed by atoms with Crippen molar-refractivity contribution in [1.82, 2.24) is 34.6 Å². The number of nitrogens with zero attached hydrogens (tertiary/aromatic N) is 6. The predicted octanol–water partition coefficient (Wildman–Crippen LogP) is 2.54. The first-order chi connectivity index (χ1) is 17.1. The van der Waals surface area contributed by atoms with Crippen LogP contribution in [0.25, 0.3) is 22.3 Å². The molecule has 0 bridgehead atoms. The normalized spacial score (nSPS) is 17.6. The van der Waals surface area contributed by atoms with E-state index in [1.165, 1.54) is 6.08 Å². The lowest BCUT2D eigenvalue weighted by molar-refractivity contribution is -0.125. The van der Waals surface area contributed by atoms with Gasteiger partial charge in [0.2, 0.25) is 17.7 Å². The van der Waals surface area contributed by atoms with Gasteiger partial charge in [0.1, 0.15) is 5.65 Å². The van der Waals surface area contributed by atoms with E-state index in [4.69, 9.17) is 9.47 Å². The van der Waals surface area contributed by atoms with Crippen molar-refractivity contribution in [2.24, 2.45) is 13.0 Å². The SMILES string of the molecule is C=CC(=O)N1C[C@H](COc2nc(Nc3cnn(C)c3)nc3[nH]cc(-c4ccccn4)c23)[C@@H](OC)C1. The van der Waals surface area contributed by atoms with Gasteiger partial charge in [-0.1, -0.05) is 12.6 Å². The van der Waals surface area contributed by atoms with Crippen molar-refractivity contribution in [3.8, 4) is 17.1 Å². The van der Waals surface area contributed by atoms with Crippen LogP contribution in [0.15, 0.2) is 55.6 Å². The van der Waals surface area contributed by atoms with Gasteiger partial charge in [-0.25, -0.2) is 0 Å². The number of hydrogen-bond donors (Lipinski definition) is 2. The van der Waals surface area contributed by atoms with Gasteiger partial charge in [0.05, 0.1) is 35.7 Å². The Morgan fingerprint density at radius 2 is 2.23 bits per heavy atom. The Morgan fingerprint density at radius 3 is 2.94 bits per heavy atom. The first-order valence-corrected chi connectivity index (χ1v) is 11.2. The summed E-state index contributed by atoms with van der Waals surface area (Å²) in [5, 5.41) is 8.08. The van der Waals surface area contributed by atoms with E-state index in [-0.39, 0.29) is 17.9 Å². The van der Waals surface area contributed by atoms with E-state index in [0.717, 1.165) is 22.3 Å². The standard InChI is InChI=1S/C24H26N8O3/c1-4-20(33)32-11-15(19(13-32)34-3)14-35-23-21-17(18-7-5-6-8-25-18)10-26-22(21)29-24(30-23)28-16-9-27-31(2)12-16/h4-10,12,15,19H,1,11,13-14H2,2-3H3,(H2,26,28,29,30)/t15-,19+/m1/s1. The third-order valence-corrected chi connectivity index (χ3v) is 6.00. The molecule has 5 rings (SSSR count). The highest BCUT2D eigenvalue weighted by atomic mass is 16.5. The lowest BCUT2D eigenvalue weighted by Crippen LogP contribution is -2.28. The van der Waals surface area contributed by atoms with Crippen LogP contribution in [0.2, 0.25) is 0 Å². The zero-order valence-electron chi connectivity index (χ0n) is 19.5. The minimum absolute atomic E-state index is 0.0270. The van der Waals surface area contributed by atoms with Gasteiger partial charge in [-0.3, -0.25) is 14.5 Å². The maximum absolute atomic E-state index is 12.1. The second kappa shape index (κ2) is 9.55. The van der Waals surface area contributed by atoms with Crippen LogP contribution in [0.4, 0.5) is 11.6 Å². The number of aromatic amines is 1. The van der Waals surface area contributed by atoms with Crippen molar-refractivity contribution in [3.05, 3.63) is 55.6 Å². The van der Waals surface area contributed by atoms with Gasteiger partial charge >= 0.3 is 0 Å². The number of aryl methyl sites for hydroxylation is 1. The van der Waals surface area contributed by atoms with Gasteiger partial charge in [0.15, 0.2) is 0 Å². The maximum Gasteiger partial charge on any atom is 0.246 e. The molecule has 0 aromatic carbocycles. The van der Waals surface area contributed by atoms with Gasteiger partial charge in [-0.15, -0.1) is 0 Å². The van der Waals surface area contributed by atoms with Crippen LogP contribution in [0.3, 0.4) is 0 Å². The molecule has 180 valence electrons. The van der Waals surface area contributed by atoms with E-state index in [0.29, 0.717) is 37.2 Å². The summed E-state index contributed by atoms with van der Waals surface area (Å²) in [6.45, 7) is 4.90. The Hall–Kier alpha value is -4.25. The first kappa shape index (κ1) is 22.5. The number of anilines is 2. The molecule has 11 heteroatoms. The molecule has 2 N–H and O–H groups in total. The van der Waals surface area contributed by atoms with Crippen molar-refractivity contribution in [2.45, 2.75) is 6.10 Å². The van der Waals surface area contributed by atoms with Crippen molar-refractivity contribution in [1.29, 1.82) is 0 Å². The number of ether oxygens (including phenoxy) is 2. The van der Waals surface area contributed by atoms with Gasteiger partial charge in [-0.05, 0) is 18.2 Å². The van der Waals surface area contributed by atoms with E-state index in [1.807, 2.05) is 37.6 Å². The van der Waals surface area contributed by atoms with E-state index in [9.17, 15) is 4.79 Å². The second-order valence-electron chi connectivity index (χ2n) is 8.31. The number of rotatable bonds is 8. The minimum atomic E-state index is -0.147. The van der Waals surface area contributed by atoms with Crippen molar-refractivity contribution < 1.29 is 14.3 Å². The number of pyridine rings is 1. The number of carbonyl (C=O) groups excluding carboxylic acids is 1. The predicted molar refractivity (Wildman–Crippen MR) is 130 cm³/mol. The third-order valence-electron chi connectivity index (χ3n) is 6.00. The highest BCUT2D eigenvalue weighted by molar-refractivity contribution is 5.97. The Labute approximate surface area is 201 Å². The summed E-state index contributed by atoms with van der Waals surface area (Å²) in [5.74, 6) is 0.630. The summed E-state index contributed by atoms with van der Waals surface area (Å²) in [6.07, 6.45) is 8.27. The molecule has 0 aliphatic carbocycles. The summed E-state index contributed by atoms with van der Waals surface area (Å²) >= 11 is 0. The molecule has 4 aromatic rings. The molecule has 1 amide bonds. The molecule has 1 fully saturated rings. The van der Waals surface area contributed by atoms with Crippen molar-refractivity contribution >= 4 is 28.6 Å². The number of likely N-dealkylation sites (tertiary alicyclic amines) is 1. The molecule has 5 heterocycles. The Balaban J connectivity index is 1.48. The van der Waals surface area contributed by atoms with E-state index >= 15 is 0 Å². The van der Waals surface area contributed by atoms with Crippen LogP contribution in [0.5, 0.6) is 5.88 Å². The van der Waals surface area contributed by atoms with Crippen LogP contribution in [0.1, 0.15) is 0 Å². The zero-order valence-corrected chi connectivity index (χ0v) is 19.5. The lowest BCUT2D eigenvalue weighted by Gasteiger charge is -2.17. The summed E-state index contributed by atoms with van der Waals surface area (Å²) < 4.78 is 13.6. The molecule has 0 saturated carbocycles. The average molecular weight is 475 g/mol. The molecule has 0 unspecified atom stereocenters. The molecule has 1 aliphatic heterocycles. The number of nitrogens with one attached hydrogen (secondary N) is 2. The highest BCUT2D eigenvalue weighted by Gasteiger charge is 2.35. The molecule has 35 heavy (non-hydrogen) atoms. The number of hydrogen-bond acceptors (Lipinski definition) is 8. The molecule has 4 aromatic heterocycles. The Morgan fingerprint density at radius 1 is 1.34 bits per heavy atom. The fraction of sp³-hybridized carbons (Fsp3) is 0.292. The van der Waals surface area contributed by atoms with Crippen molar-refractivity contribution in [2.75, 3.05) is 32.1 Å². The number of amides is 1. The van der Waals surface area contributed by atoms with Crippen LogP contribution < -0.4 is 10.1 Å². The third kappa shape index (κ3) is 4.58. The van der Waals surface area contributed by atoms with E-state index in [2.05, 4.69) is 36.9 Å². The van der Waals surface area contributed by atoms with E-state index in [1.54, 1.807) is 29.1 Å². The number of fused-ring (bicyclic) bond motifs is 1. The quantitative estimate of drug-likeness (QED) is 0.374. The van der Waals surface area contributed by atoms with Crippen LogP contribution in [-0.4, -0.2) is 73.4 Å². The summed E-state index contributed by atoms with van der Waals surface area (Å²) in [6, 6.07) is 5.71. The Bertz CT molecular complexity index is 1350. The molecule has 11 nitrogen and oxygen atoms in total. The zero-order chi connectivity index (χ0) is 24.4. The lowest BCUT2D eigenvalue weighted by atomic mass is 10.1. The van der Waals surface area contributed by atoms with Crippen LogP contribution >= 0.6 is 0 Å².